The number of carboxylic acids is 1. The average molecular weight is 725 g/mol. The molecule has 0 aliphatic rings. The Morgan fingerprint density at radius 1 is 0.865 bits per heavy atom. The number of ether oxygens (including phenoxy) is 3. The summed E-state index contributed by atoms with van der Waals surface area (Å²) in [4.78, 5) is 16.1. The van der Waals surface area contributed by atoms with Crippen LogP contribution in [0.15, 0.2) is 85.2 Å². The summed E-state index contributed by atoms with van der Waals surface area (Å²) in [7, 11) is 3.47. The Balaban J connectivity index is 1.42. The molecule has 5 aromatic rings. The molecule has 6 N–H and O–H groups in total. The molecule has 52 heavy (non-hydrogen) atoms. The zero-order chi connectivity index (χ0) is 37.4. The van der Waals surface area contributed by atoms with Crippen molar-refractivity contribution in [1.29, 1.82) is 0 Å². The number of aliphatic hydroxyl groups excluding tert-OH is 1. The highest BCUT2D eigenvalue weighted by molar-refractivity contribution is 6.32. The van der Waals surface area contributed by atoms with Gasteiger partial charge in [0.15, 0.2) is 0 Å². The van der Waals surface area contributed by atoms with Crippen LogP contribution in [0, 0.1) is 13.8 Å². The number of methoxy groups -OCH3 is 1. The van der Waals surface area contributed by atoms with Crippen molar-refractivity contribution in [3.63, 3.8) is 0 Å². The first kappa shape index (κ1) is 38.1. The van der Waals surface area contributed by atoms with Gasteiger partial charge in [0, 0.05) is 55.3 Å². The number of hydrogen-bond acceptors (Lipinski definition) is 9. The number of rotatable bonds is 16. The molecule has 0 spiro atoms. The molecule has 5 rings (SSSR count). The van der Waals surface area contributed by atoms with Crippen LogP contribution in [0.1, 0.15) is 40.3 Å². The second-order valence-electron chi connectivity index (χ2n) is 12.7. The predicted octanol–water partition coefficient (Wildman–Crippen LogP) is 7.28. The van der Waals surface area contributed by atoms with E-state index in [0.717, 1.165) is 61.5 Å². The minimum atomic E-state index is -1.56. The van der Waals surface area contributed by atoms with E-state index in [4.69, 9.17) is 31.5 Å². The predicted molar refractivity (Wildman–Crippen MR) is 205 cm³/mol. The summed E-state index contributed by atoms with van der Waals surface area (Å²) in [6.45, 7) is 5.91. The van der Waals surface area contributed by atoms with Crippen molar-refractivity contribution >= 4 is 23.3 Å². The number of aliphatic carboxylic acids is 1. The minimum absolute atomic E-state index is 0.0665. The molecule has 11 heteroatoms. The second-order valence-corrected chi connectivity index (χ2v) is 13.2. The highest BCUT2D eigenvalue weighted by Gasteiger charge is 2.32. The normalized spacial score (nSPS) is 12.2. The van der Waals surface area contributed by atoms with Gasteiger partial charge < -0.3 is 35.5 Å². The Labute approximate surface area is 309 Å². The SMILES string of the molecule is CNc1cncc(COc2cc(OCc3cccc(-c4cccc(-c5ccc(CN)c(OC)c5)c4C)c3C)c(Cl)cc2CNC(C)(CO)C(=O)O)c1. The highest BCUT2D eigenvalue weighted by atomic mass is 35.5. The number of nitrogens with one attached hydrogen (secondary N) is 2. The summed E-state index contributed by atoms with van der Waals surface area (Å²) in [5.74, 6) is 0.435. The number of benzene rings is 4. The molecule has 0 radical (unpaired) electrons. The zero-order valence-corrected chi connectivity index (χ0v) is 30.8. The molecular weight excluding hydrogens is 680 g/mol. The summed E-state index contributed by atoms with van der Waals surface area (Å²) in [6.07, 6.45) is 3.42. The number of nitrogens with zero attached hydrogens (tertiary/aromatic N) is 1. The van der Waals surface area contributed by atoms with Crippen molar-refractivity contribution < 1.29 is 29.2 Å². The molecule has 272 valence electrons. The topological polar surface area (TPSA) is 148 Å². The lowest BCUT2D eigenvalue weighted by molar-refractivity contribution is -0.145. The van der Waals surface area contributed by atoms with Crippen LogP contribution in [0.5, 0.6) is 17.2 Å². The smallest absolute Gasteiger partial charge is 0.326 e. The molecule has 10 nitrogen and oxygen atoms in total. The molecule has 0 saturated carbocycles. The number of halogens is 1. The third kappa shape index (κ3) is 8.49. The third-order valence-electron chi connectivity index (χ3n) is 9.32. The molecule has 1 heterocycles. The number of nitrogens with two attached hydrogens (primary N) is 1. The fraction of sp³-hybridized carbons (Fsp3) is 0.268. The van der Waals surface area contributed by atoms with Gasteiger partial charge in [-0.25, -0.2) is 0 Å². The van der Waals surface area contributed by atoms with Gasteiger partial charge >= 0.3 is 5.97 Å². The van der Waals surface area contributed by atoms with Crippen LogP contribution in [-0.4, -0.2) is 47.5 Å². The van der Waals surface area contributed by atoms with Gasteiger partial charge in [-0.15, -0.1) is 0 Å². The van der Waals surface area contributed by atoms with E-state index in [1.54, 1.807) is 31.6 Å². The fourth-order valence-electron chi connectivity index (χ4n) is 5.92. The first-order valence-electron chi connectivity index (χ1n) is 16.9. The van der Waals surface area contributed by atoms with Gasteiger partial charge in [-0.2, -0.15) is 0 Å². The molecule has 0 bridgehead atoms. The lowest BCUT2D eigenvalue weighted by Crippen LogP contribution is -2.52. The van der Waals surface area contributed by atoms with Crippen molar-refractivity contribution in [2.24, 2.45) is 5.73 Å². The highest BCUT2D eigenvalue weighted by Crippen LogP contribution is 2.38. The standard InChI is InChI=1S/C41H45ClN4O6/c1-25-30(8-6-10-34(25)35-11-7-9-33(26(35)2)28-12-13-29(18-43)37(16-28)50-5)23-52-39-17-38(51-22-27-14-32(44-4)21-45-19-27)31(15-36(39)42)20-46-41(3,24-47)40(48)49/h6-17,19,21,44,46-47H,18,20,22-24,43H2,1-5H3,(H,48,49). The Morgan fingerprint density at radius 2 is 1.58 bits per heavy atom. The summed E-state index contributed by atoms with van der Waals surface area (Å²) in [5, 5.41) is 25.8. The molecule has 1 aromatic heterocycles. The van der Waals surface area contributed by atoms with E-state index in [1.165, 1.54) is 6.92 Å². The Hall–Kier alpha value is -5.13. The van der Waals surface area contributed by atoms with Crippen LogP contribution < -0.4 is 30.6 Å². The fourth-order valence-corrected chi connectivity index (χ4v) is 6.16. The molecule has 4 aromatic carbocycles. The van der Waals surface area contributed by atoms with Gasteiger partial charge in [-0.3, -0.25) is 15.1 Å². The quantitative estimate of drug-likeness (QED) is 0.0703. The first-order valence-corrected chi connectivity index (χ1v) is 17.2. The number of pyridine rings is 1. The molecule has 0 fully saturated rings. The largest absolute Gasteiger partial charge is 0.496 e. The number of carbonyl (C=O) groups is 1. The molecular formula is C41H45ClN4O6. The van der Waals surface area contributed by atoms with Crippen LogP contribution in [-0.2, 0) is 31.1 Å². The Morgan fingerprint density at radius 3 is 2.27 bits per heavy atom. The summed E-state index contributed by atoms with van der Waals surface area (Å²) in [6, 6.07) is 23.9. The maximum atomic E-state index is 11.8. The van der Waals surface area contributed by atoms with E-state index >= 15 is 0 Å². The van der Waals surface area contributed by atoms with Crippen LogP contribution in [0.2, 0.25) is 5.02 Å². The molecule has 1 atom stereocenters. The maximum absolute atomic E-state index is 11.8. The van der Waals surface area contributed by atoms with E-state index in [1.807, 2.05) is 37.4 Å². The van der Waals surface area contributed by atoms with Crippen molar-refractivity contribution in [2.45, 2.75) is 52.6 Å². The number of aromatic nitrogens is 1. The Bertz CT molecular complexity index is 2050. The molecule has 0 aliphatic heterocycles. The van der Waals surface area contributed by atoms with Gasteiger partial charge in [-0.05, 0) is 77.9 Å². The van der Waals surface area contributed by atoms with Gasteiger partial charge in [0.25, 0.3) is 0 Å². The van der Waals surface area contributed by atoms with Gasteiger partial charge in [-0.1, -0.05) is 60.1 Å². The van der Waals surface area contributed by atoms with Crippen molar-refractivity contribution in [2.75, 3.05) is 26.1 Å². The summed E-state index contributed by atoms with van der Waals surface area (Å²) < 4.78 is 18.2. The third-order valence-corrected chi connectivity index (χ3v) is 9.62. The minimum Gasteiger partial charge on any atom is -0.496 e. The monoisotopic (exact) mass is 724 g/mol. The van der Waals surface area contributed by atoms with Gasteiger partial charge in [0.2, 0.25) is 0 Å². The van der Waals surface area contributed by atoms with Crippen LogP contribution in [0.25, 0.3) is 22.3 Å². The van der Waals surface area contributed by atoms with Crippen molar-refractivity contribution in [3.8, 4) is 39.5 Å². The molecule has 0 saturated heterocycles. The lowest BCUT2D eigenvalue weighted by atomic mass is 9.89. The van der Waals surface area contributed by atoms with Gasteiger partial charge in [0.1, 0.15) is 36.0 Å². The van der Waals surface area contributed by atoms with Crippen LogP contribution >= 0.6 is 11.6 Å². The van der Waals surface area contributed by atoms with Crippen LogP contribution in [0.4, 0.5) is 5.69 Å². The number of hydrogen-bond donors (Lipinski definition) is 5. The number of aliphatic hydroxyl groups is 1. The summed E-state index contributed by atoms with van der Waals surface area (Å²) >= 11 is 6.77. The molecule has 0 amide bonds. The van der Waals surface area contributed by atoms with E-state index in [2.05, 4.69) is 59.8 Å². The molecule has 0 aliphatic carbocycles. The Kier molecular flexibility index (Phi) is 12.4. The van der Waals surface area contributed by atoms with E-state index in [9.17, 15) is 15.0 Å². The second kappa shape index (κ2) is 16.9. The van der Waals surface area contributed by atoms with E-state index < -0.39 is 18.1 Å². The first-order chi connectivity index (χ1) is 25.0. The average Bonchev–Trinajstić information content (AvgIpc) is 3.16. The maximum Gasteiger partial charge on any atom is 0.326 e. The number of anilines is 1. The van der Waals surface area contributed by atoms with E-state index in [0.29, 0.717) is 28.6 Å². The summed E-state index contributed by atoms with van der Waals surface area (Å²) in [5.41, 5.74) is 15.1. The van der Waals surface area contributed by atoms with Gasteiger partial charge in [0.05, 0.1) is 24.4 Å². The lowest BCUT2D eigenvalue weighted by Gasteiger charge is -2.25. The van der Waals surface area contributed by atoms with Crippen molar-refractivity contribution in [3.05, 3.63) is 124 Å². The molecule has 1 unspecified atom stereocenters. The zero-order valence-electron chi connectivity index (χ0n) is 30.0. The van der Waals surface area contributed by atoms with E-state index in [-0.39, 0.29) is 19.8 Å². The van der Waals surface area contributed by atoms with Crippen LogP contribution in [0.3, 0.4) is 0 Å². The number of carboxylic acid groups (broad SMARTS) is 1. The van der Waals surface area contributed by atoms with Crippen molar-refractivity contribution in [1.82, 2.24) is 10.3 Å².